The summed E-state index contributed by atoms with van der Waals surface area (Å²) < 4.78 is 14.4. The third-order valence-corrected chi connectivity index (χ3v) is 7.05. The number of fused-ring (bicyclic) bond motifs is 1. The molecule has 1 saturated heterocycles. The number of carbonyl (C=O) groups is 1. The standard InChI is InChI=1S/C23H23FN6O2S/c24-15-5-3-4-14(10-15)19-12-30(9-8-26-19)23(31)16-13-33-21-18(11-27-32)28-22(29-20(16)21)17-6-1-2-7-25-17/h5-7,10,13,19,26H,1-4,8-9,11-12H2/t19-/m0/s1. The molecular weight excluding hydrogens is 443 g/mol. The Hall–Kier alpha value is -3.11. The van der Waals surface area contributed by atoms with Crippen molar-refractivity contribution in [2.24, 2.45) is 10.2 Å². The number of thiophene rings is 1. The van der Waals surface area contributed by atoms with E-state index in [-0.39, 0.29) is 24.3 Å². The maximum Gasteiger partial charge on any atom is 0.257 e. The molecule has 0 bridgehead atoms. The Kier molecular flexibility index (Phi) is 6.19. The number of hydrogen-bond acceptors (Lipinski definition) is 8. The van der Waals surface area contributed by atoms with E-state index in [2.05, 4.69) is 25.5 Å². The molecule has 4 heterocycles. The first kappa shape index (κ1) is 21.7. The predicted octanol–water partition coefficient (Wildman–Crippen LogP) is 4.15. The summed E-state index contributed by atoms with van der Waals surface area (Å²) >= 11 is 1.34. The monoisotopic (exact) mass is 466 g/mol. The Labute approximate surface area is 194 Å². The molecule has 2 aromatic heterocycles. The first-order chi connectivity index (χ1) is 16.1. The first-order valence-electron chi connectivity index (χ1n) is 11.0. The average molecular weight is 467 g/mol. The minimum Gasteiger partial charge on any atom is -0.335 e. The van der Waals surface area contributed by atoms with Gasteiger partial charge in [-0.25, -0.2) is 14.4 Å². The summed E-state index contributed by atoms with van der Waals surface area (Å²) in [6, 6.07) is -0.0752. The lowest BCUT2D eigenvalue weighted by Crippen LogP contribution is -2.53. The van der Waals surface area contributed by atoms with Gasteiger partial charge < -0.3 is 10.2 Å². The van der Waals surface area contributed by atoms with Crippen molar-refractivity contribution in [2.45, 2.75) is 38.3 Å². The molecule has 1 amide bonds. The molecule has 2 aromatic rings. The second-order valence-electron chi connectivity index (χ2n) is 8.19. The van der Waals surface area contributed by atoms with Crippen LogP contribution in [0.3, 0.4) is 0 Å². The molecule has 1 aliphatic carbocycles. The van der Waals surface area contributed by atoms with E-state index < -0.39 is 0 Å². The number of halogens is 1. The Bertz CT molecular complexity index is 1230. The summed E-state index contributed by atoms with van der Waals surface area (Å²) in [7, 11) is 0. The van der Waals surface area contributed by atoms with Crippen LogP contribution < -0.4 is 5.32 Å². The molecule has 0 spiro atoms. The van der Waals surface area contributed by atoms with Crippen LogP contribution in [0.4, 0.5) is 4.39 Å². The number of carbonyl (C=O) groups excluding carboxylic acids is 1. The zero-order valence-electron chi connectivity index (χ0n) is 18.0. The molecule has 0 unspecified atom stereocenters. The summed E-state index contributed by atoms with van der Waals surface area (Å²) in [5.74, 6) is 0.0545. The second kappa shape index (κ2) is 9.40. The number of allylic oxidation sites excluding steroid dienone is 4. The maximum absolute atomic E-state index is 13.8. The van der Waals surface area contributed by atoms with Crippen LogP contribution in [-0.2, 0) is 6.54 Å². The number of piperazine rings is 1. The van der Waals surface area contributed by atoms with Crippen LogP contribution in [0.2, 0.25) is 0 Å². The highest BCUT2D eigenvalue weighted by Crippen LogP contribution is 2.31. The van der Waals surface area contributed by atoms with Gasteiger partial charge in [0.1, 0.15) is 18.1 Å². The minimum absolute atomic E-state index is 0.0752. The van der Waals surface area contributed by atoms with Crippen molar-refractivity contribution in [1.29, 1.82) is 0 Å². The second-order valence-corrected chi connectivity index (χ2v) is 9.07. The van der Waals surface area contributed by atoms with E-state index in [0.29, 0.717) is 59.1 Å². The first-order valence-corrected chi connectivity index (χ1v) is 11.9. The van der Waals surface area contributed by atoms with Gasteiger partial charge >= 0.3 is 0 Å². The lowest BCUT2D eigenvalue weighted by atomic mass is 9.95. The Morgan fingerprint density at radius 2 is 2.18 bits per heavy atom. The van der Waals surface area contributed by atoms with Crippen molar-refractivity contribution in [3.8, 4) is 0 Å². The molecular formula is C23H23FN6O2S. The third-order valence-electron chi connectivity index (χ3n) is 6.03. The molecule has 170 valence electrons. The summed E-state index contributed by atoms with van der Waals surface area (Å²) in [5.41, 5.74) is 3.13. The number of nitrogens with zero attached hydrogens (tertiary/aromatic N) is 5. The molecule has 8 nitrogen and oxygen atoms in total. The highest BCUT2D eigenvalue weighted by Gasteiger charge is 2.29. The normalized spacial score (nSPS) is 20.9. The summed E-state index contributed by atoms with van der Waals surface area (Å²) in [6.07, 6.45) is 10.1. The summed E-state index contributed by atoms with van der Waals surface area (Å²) in [4.78, 5) is 39.9. The summed E-state index contributed by atoms with van der Waals surface area (Å²) in [6.45, 7) is 1.54. The molecule has 0 aromatic carbocycles. The SMILES string of the molecule is O=NCc1nc(C2=CCCC=N2)nc2c(C(=O)N3CCN[C@H](C4=CC(F)=CCC4)C3)csc12. The highest BCUT2D eigenvalue weighted by atomic mass is 32.1. The zero-order chi connectivity index (χ0) is 22.8. The molecule has 33 heavy (non-hydrogen) atoms. The molecule has 5 rings (SSSR count). The van der Waals surface area contributed by atoms with Crippen molar-refractivity contribution in [3.05, 3.63) is 57.0 Å². The average Bonchev–Trinajstić information content (AvgIpc) is 3.29. The van der Waals surface area contributed by atoms with Crippen molar-refractivity contribution >= 4 is 39.4 Å². The van der Waals surface area contributed by atoms with Gasteiger partial charge in [0.05, 0.1) is 21.5 Å². The van der Waals surface area contributed by atoms with E-state index in [0.717, 1.165) is 24.8 Å². The van der Waals surface area contributed by atoms with Crippen LogP contribution in [0.25, 0.3) is 15.9 Å². The molecule has 1 fully saturated rings. The number of aliphatic imine (C=N–C) groups is 1. The Morgan fingerprint density at radius 3 is 2.97 bits per heavy atom. The maximum atomic E-state index is 13.8. The largest absolute Gasteiger partial charge is 0.335 e. The van der Waals surface area contributed by atoms with Crippen molar-refractivity contribution in [3.63, 3.8) is 0 Å². The van der Waals surface area contributed by atoms with Gasteiger partial charge in [0, 0.05) is 37.3 Å². The smallest absolute Gasteiger partial charge is 0.257 e. The topological polar surface area (TPSA) is 99.9 Å². The van der Waals surface area contributed by atoms with E-state index in [1.54, 1.807) is 22.4 Å². The molecule has 0 radical (unpaired) electrons. The van der Waals surface area contributed by atoms with Crippen molar-refractivity contribution in [1.82, 2.24) is 20.2 Å². The van der Waals surface area contributed by atoms with Crippen molar-refractivity contribution < 1.29 is 9.18 Å². The molecule has 0 saturated carbocycles. The third kappa shape index (κ3) is 4.40. The predicted molar refractivity (Wildman–Crippen MR) is 127 cm³/mol. The quantitative estimate of drug-likeness (QED) is 0.668. The van der Waals surface area contributed by atoms with Crippen LogP contribution in [-0.4, -0.2) is 52.7 Å². The molecule has 1 atom stereocenters. The number of rotatable bonds is 5. The Morgan fingerprint density at radius 1 is 1.27 bits per heavy atom. The van der Waals surface area contributed by atoms with Gasteiger partial charge in [0.2, 0.25) is 0 Å². The summed E-state index contributed by atoms with van der Waals surface area (Å²) in [5, 5.41) is 8.20. The Balaban J connectivity index is 1.47. The van der Waals surface area contributed by atoms with Gasteiger partial charge in [0.25, 0.3) is 5.91 Å². The van der Waals surface area contributed by atoms with Gasteiger partial charge in [-0.05, 0) is 43.4 Å². The minimum atomic E-state index is -0.217. The zero-order valence-corrected chi connectivity index (χ0v) is 18.8. The number of hydrogen-bond donors (Lipinski definition) is 1. The molecule has 1 N–H and O–H groups in total. The van der Waals surface area contributed by atoms with Gasteiger partial charge in [-0.2, -0.15) is 4.91 Å². The van der Waals surface area contributed by atoms with E-state index in [1.807, 2.05) is 12.3 Å². The molecule has 3 aliphatic rings. The fourth-order valence-electron chi connectivity index (χ4n) is 4.38. The fraction of sp³-hybridized carbons (Fsp3) is 0.391. The van der Waals surface area contributed by atoms with E-state index in [1.165, 1.54) is 11.3 Å². The van der Waals surface area contributed by atoms with Gasteiger partial charge in [-0.3, -0.25) is 9.79 Å². The van der Waals surface area contributed by atoms with E-state index in [9.17, 15) is 14.1 Å². The van der Waals surface area contributed by atoms with Gasteiger partial charge in [0.15, 0.2) is 5.82 Å². The van der Waals surface area contributed by atoms with Gasteiger partial charge in [-0.15, -0.1) is 11.3 Å². The lowest BCUT2D eigenvalue weighted by Gasteiger charge is -2.35. The van der Waals surface area contributed by atoms with Crippen LogP contribution in [0.15, 0.2) is 45.2 Å². The number of nitrogens with one attached hydrogen (secondary N) is 1. The highest BCUT2D eigenvalue weighted by molar-refractivity contribution is 7.17. The van der Waals surface area contributed by atoms with Gasteiger partial charge in [-0.1, -0.05) is 11.3 Å². The number of amides is 1. The number of nitroso groups, excluding NO2 is 1. The van der Waals surface area contributed by atoms with Crippen LogP contribution >= 0.6 is 11.3 Å². The lowest BCUT2D eigenvalue weighted by molar-refractivity contribution is 0.0715. The fourth-order valence-corrected chi connectivity index (χ4v) is 5.35. The van der Waals surface area contributed by atoms with Crippen LogP contribution in [0.5, 0.6) is 0 Å². The van der Waals surface area contributed by atoms with Crippen LogP contribution in [0, 0.1) is 4.91 Å². The molecule has 10 heteroatoms. The van der Waals surface area contributed by atoms with Crippen molar-refractivity contribution in [2.75, 3.05) is 19.6 Å². The van der Waals surface area contributed by atoms with E-state index >= 15 is 0 Å². The molecule has 2 aliphatic heterocycles. The number of aromatic nitrogens is 2. The van der Waals surface area contributed by atoms with Crippen LogP contribution in [0.1, 0.15) is 47.6 Å². The van der Waals surface area contributed by atoms with E-state index in [4.69, 9.17) is 0 Å².